The molecule has 3 rings (SSSR count). The molecule has 2 heteroatoms. The van der Waals surface area contributed by atoms with Gasteiger partial charge in [-0.15, -0.1) is 0 Å². The molecule has 0 amide bonds. The Labute approximate surface area is 117 Å². The van der Waals surface area contributed by atoms with E-state index < -0.39 is 0 Å². The van der Waals surface area contributed by atoms with Crippen LogP contribution >= 0.6 is 0 Å². The van der Waals surface area contributed by atoms with Crippen molar-refractivity contribution in [2.75, 3.05) is 19.6 Å². The lowest BCUT2D eigenvalue weighted by Crippen LogP contribution is -2.55. The van der Waals surface area contributed by atoms with E-state index in [1.165, 1.54) is 58.0 Å². The van der Waals surface area contributed by atoms with Gasteiger partial charge in [-0.1, -0.05) is 43.5 Å². The summed E-state index contributed by atoms with van der Waals surface area (Å²) < 4.78 is 0. The Kier molecular flexibility index (Phi) is 3.90. The van der Waals surface area contributed by atoms with E-state index in [1.807, 2.05) is 0 Å². The third-order valence-corrected chi connectivity index (χ3v) is 5.26. The second-order valence-corrected chi connectivity index (χ2v) is 6.24. The smallest absolute Gasteiger partial charge is 0.0332 e. The summed E-state index contributed by atoms with van der Waals surface area (Å²) in [5, 5.41) is 0. The topological polar surface area (TPSA) is 29.3 Å². The first-order valence-electron chi connectivity index (χ1n) is 7.86. The third-order valence-electron chi connectivity index (χ3n) is 5.26. The van der Waals surface area contributed by atoms with E-state index in [0.29, 0.717) is 5.54 Å². The first-order chi connectivity index (χ1) is 9.34. The number of nitrogens with two attached hydrogens (primary N) is 1. The normalized spacial score (nSPS) is 23.6. The molecule has 2 nitrogen and oxygen atoms in total. The van der Waals surface area contributed by atoms with E-state index >= 15 is 0 Å². The van der Waals surface area contributed by atoms with Crippen LogP contribution in [0.15, 0.2) is 24.3 Å². The summed E-state index contributed by atoms with van der Waals surface area (Å²) in [6.07, 6.45) is 9.12. The number of nitrogens with zero attached hydrogens (tertiary/aromatic N) is 1. The van der Waals surface area contributed by atoms with Gasteiger partial charge < -0.3 is 5.73 Å². The Hall–Kier alpha value is -0.860. The van der Waals surface area contributed by atoms with Crippen LogP contribution in [0.5, 0.6) is 0 Å². The minimum atomic E-state index is 0.306. The predicted octanol–water partition coefficient (Wildman–Crippen LogP) is 2.75. The number of fused-ring (bicyclic) bond motifs is 1. The van der Waals surface area contributed by atoms with Crippen molar-refractivity contribution >= 4 is 0 Å². The molecule has 2 N–H and O–H groups in total. The summed E-state index contributed by atoms with van der Waals surface area (Å²) >= 11 is 0. The molecule has 0 saturated heterocycles. The molecule has 0 unspecified atom stereocenters. The molecular formula is C17H26N2. The molecule has 1 aromatic carbocycles. The Morgan fingerprint density at radius 1 is 0.947 bits per heavy atom. The van der Waals surface area contributed by atoms with Gasteiger partial charge in [0.1, 0.15) is 0 Å². The molecule has 1 fully saturated rings. The van der Waals surface area contributed by atoms with Crippen LogP contribution in [0.2, 0.25) is 0 Å². The predicted molar refractivity (Wildman–Crippen MR) is 80.3 cm³/mol. The van der Waals surface area contributed by atoms with E-state index in [4.69, 9.17) is 5.73 Å². The van der Waals surface area contributed by atoms with Gasteiger partial charge in [0.05, 0.1) is 0 Å². The number of rotatable bonds is 2. The Bertz CT molecular complexity index is 394. The Morgan fingerprint density at radius 2 is 1.53 bits per heavy atom. The molecule has 1 heterocycles. The first-order valence-corrected chi connectivity index (χ1v) is 7.86. The van der Waals surface area contributed by atoms with Crippen LogP contribution in [0.3, 0.4) is 0 Å². The van der Waals surface area contributed by atoms with Gasteiger partial charge in [0.2, 0.25) is 0 Å². The van der Waals surface area contributed by atoms with Crippen molar-refractivity contribution in [1.82, 2.24) is 4.90 Å². The van der Waals surface area contributed by atoms with Gasteiger partial charge >= 0.3 is 0 Å². The van der Waals surface area contributed by atoms with Gasteiger partial charge in [-0.2, -0.15) is 0 Å². The van der Waals surface area contributed by atoms with Gasteiger partial charge in [0.25, 0.3) is 0 Å². The van der Waals surface area contributed by atoms with Crippen LogP contribution in [0.1, 0.15) is 43.2 Å². The first kappa shape index (κ1) is 13.1. The SMILES string of the molecule is NCC1(N2CCc3ccccc3CC2)CCCCC1. The van der Waals surface area contributed by atoms with Gasteiger partial charge in [0, 0.05) is 25.2 Å². The maximum atomic E-state index is 6.18. The van der Waals surface area contributed by atoms with Crippen molar-refractivity contribution in [3.05, 3.63) is 35.4 Å². The van der Waals surface area contributed by atoms with Crippen LogP contribution in [-0.2, 0) is 12.8 Å². The zero-order valence-corrected chi connectivity index (χ0v) is 11.9. The lowest BCUT2D eigenvalue weighted by molar-refractivity contribution is 0.0610. The van der Waals surface area contributed by atoms with Crippen molar-refractivity contribution in [3.63, 3.8) is 0 Å². The molecule has 2 aliphatic rings. The van der Waals surface area contributed by atoms with E-state index in [1.54, 1.807) is 11.1 Å². The fraction of sp³-hybridized carbons (Fsp3) is 0.647. The molecule has 0 atom stereocenters. The average Bonchev–Trinajstić information content (AvgIpc) is 2.71. The van der Waals surface area contributed by atoms with Crippen molar-refractivity contribution in [2.24, 2.45) is 5.73 Å². The second-order valence-electron chi connectivity index (χ2n) is 6.24. The third kappa shape index (κ3) is 2.56. The van der Waals surface area contributed by atoms with Gasteiger partial charge in [0.15, 0.2) is 0 Å². The summed E-state index contributed by atoms with van der Waals surface area (Å²) in [5.41, 5.74) is 9.59. The number of hydrogen-bond donors (Lipinski definition) is 1. The zero-order chi connectivity index (χ0) is 13.1. The van der Waals surface area contributed by atoms with Gasteiger partial charge in [-0.25, -0.2) is 0 Å². The molecule has 1 saturated carbocycles. The minimum Gasteiger partial charge on any atom is -0.329 e. The van der Waals surface area contributed by atoms with Crippen LogP contribution in [0, 0.1) is 0 Å². The van der Waals surface area contributed by atoms with Crippen LogP contribution in [-0.4, -0.2) is 30.1 Å². The molecule has 19 heavy (non-hydrogen) atoms. The lowest BCUT2D eigenvalue weighted by Gasteiger charge is -2.45. The second kappa shape index (κ2) is 5.64. The summed E-state index contributed by atoms with van der Waals surface area (Å²) in [4.78, 5) is 2.71. The fourth-order valence-corrected chi connectivity index (χ4v) is 4.00. The van der Waals surface area contributed by atoms with Crippen LogP contribution in [0.4, 0.5) is 0 Å². The summed E-state index contributed by atoms with van der Waals surface area (Å²) in [5.74, 6) is 0. The zero-order valence-electron chi connectivity index (χ0n) is 11.9. The van der Waals surface area contributed by atoms with Gasteiger partial charge in [-0.3, -0.25) is 4.90 Å². The van der Waals surface area contributed by atoms with E-state index in [2.05, 4.69) is 29.2 Å². The van der Waals surface area contributed by atoms with E-state index in [-0.39, 0.29) is 0 Å². The molecule has 1 aliphatic carbocycles. The standard InChI is InChI=1S/C17H26N2/c18-14-17(10-4-1-5-11-17)19-12-8-15-6-2-3-7-16(15)9-13-19/h2-3,6-7H,1,4-5,8-14,18H2. The Morgan fingerprint density at radius 3 is 2.05 bits per heavy atom. The summed E-state index contributed by atoms with van der Waals surface area (Å²) in [6.45, 7) is 3.21. The van der Waals surface area contributed by atoms with Crippen molar-refractivity contribution in [1.29, 1.82) is 0 Å². The van der Waals surface area contributed by atoms with Crippen LogP contribution in [0.25, 0.3) is 0 Å². The largest absolute Gasteiger partial charge is 0.329 e. The Balaban J connectivity index is 1.77. The average molecular weight is 258 g/mol. The maximum absolute atomic E-state index is 6.18. The highest BCUT2D eigenvalue weighted by molar-refractivity contribution is 5.28. The van der Waals surface area contributed by atoms with E-state index in [0.717, 1.165) is 6.54 Å². The van der Waals surface area contributed by atoms with Crippen LogP contribution < -0.4 is 5.73 Å². The fourth-order valence-electron chi connectivity index (χ4n) is 4.00. The molecule has 0 bridgehead atoms. The quantitative estimate of drug-likeness (QED) is 0.884. The molecule has 1 aliphatic heterocycles. The number of hydrogen-bond acceptors (Lipinski definition) is 2. The maximum Gasteiger partial charge on any atom is 0.0332 e. The highest BCUT2D eigenvalue weighted by atomic mass is 15.2. The van der Waals surface area contributed by atoms with Crippen molar-refractivity contribution in [3.8, 4) is 0 Å². The molecule has 0 aromatic heterocycles. The molecule has 104 valence electrons. The number of benzene rings is 1. The van der Waals surface area contributed by atoms with E-state index in [9.17, 15) is 0 Å². The lowest BCUT2D eigenvalue weighted by atomic mass is 9.80. The summed E-state index contributed by atoms with van der Waals surface area (Å²) in [7, 11) is 0. The molecular weight excluding hydrogens is 232 g/mol. The molecule has 0 radical (unpaired) electrons. The van der Waals surface area contributed by atoms with Crippen molar-refractivity contribution < 1.29 is 0 Å². The highest BCUT2D eigenvalue weighted by Gasteiger charge is 2.36. The highest BCUT2D eigenvalue weighted by Crippen LogP contribution is 2.34. The molecule has 0 spiro atoms. The monoisotopic (exact) mass is 258 g/mol. The van der Waals surface area contributed by atoms with Crippen molar-refractivity contribution in [2.45, 2.75) is 50.5 Å². The minimum absolute atomic E-state index is 0.306. The molecule has 1 aromatic rings. The summed E-state index contributed by atoms with van der Waals surface area (Å²) in [6, 6.07) is 8.95. The van der Waals surface area contributed by atoms with Gasteiger partial charge in [-0.05, 0) is 36.8 Å².